The molecule has 0 aliphatic rings. The molecule has 1 heterocycles. The van der Waals surface area contributed by atoms with Gasteiger partial charge in [0.05, 0.1) is 10.7 Å². The minimum absolute atomic E-state index is 0.268. The van der Waals surface area contributed by atoms with Crippen LogP contribution < -0.4 is 10.6 Å². The summed E-state index contributed by atoms with van der Waals surface area (Å²) in [6.45, 7) is 1.75. The standard InChI is InChI=1S/C11H8BrClN4O2S/c1-5-16-17-11(20-5)15-10(19)9(18)14-8-3-2-6(12)4-7(8)13/h2-4H,1H3,(H,14,18)(H,15,17,19). The van der Waals surface area contributed by atoms with E-state index in [0.29, 0.717) is 15.7 Å². The number of benzene rings is 1. The topological polar surface area (TPSA) is 84.0 Å². The highest BCUT2D eigenvalue weighted by Crippen LogP contribution is 2.25. The number of anilines is 2. The zero-order chi connectivity index (χ0) is 14.7. The first-order valence-electron chi connectivity index (χ1n) is 5.33. The molecule has 2 rings (SSSR count). The van der Waals surface area contributed by atoms with Crippen LogP contribution in [0.5, 0.6) is 0 Å². The molecular weight excluding hydrogens is 368 g/mol. The van der Waals surface area contributed by atoms with Gasteiger partial charge in [0.2, 0.25) is 5.13 Å². The van der Waals surface area contributed by atoms with Gasteiger partial charge in [0, 0.05) is 4.47 Å². The summed E-state index contributed by atoms with van der Waals surface area (Å²) < 4.78 is 0.772. The first-order valence-corrected chi connectivity index (χ1v) is 7.32. The average molecular weight is 376 g/mol. The minimum atomic E-state index is -0.833. The Labute approximate surface area is 131 Å². The second kappa shape index (κ2) is 6.29. The number of nitrogens with zero attached hydrogens (tertiary/aromatic N) is 2. The van der Waals surface area contributed by atoms with Gasteiger partial charge in [-0.25, -0.2) is 0 Å². The third-order valence-corrected chi connectivity index (χ3v) is 3.69. The molecule has 2 aromatic rings. The lowest BCUT2D eigenvalue weighted by atomic mass is 10.3. The van der Waals surface area contributed by atoms with Gasteiger partial charge in [-0.2, -0.15) is 0 Å². The van der Waals surface area contributed by atoms with Crippen molar-refractivity contribution in [3.63, 3.8) is 0 Å². The maximum Gasteiger partial charge on any atom is 0.315 e. The van der Waals surface area contributed by atoms with Gasteiger partial charge in [0.1, 0.15) is 5.01 Å². The number of aromatic nitrogens is 2. The number of amides is 2. The van der Waals surface area contributed by atoms with Crippen molar-refractivity contribution >= 4 is 61.5 Å². The summed E-state index contributed by atoms with van der Waals surface area (Å²) in [5.41, 5.74) is 0.350. The maximum atomic E-state index is 11.7. The lowest BCUT2D eigenvalue weighted by Gasteiger charge is -2.06. The zero-order valence-electron chi connectivity index (χ0n) is 10.1. The van der Waals surface area contributed by atoms with E-state index in [2.05, 4.69) is 36.8 Å². The Balaban J connectivity index is 2.02. The molecule has 0 radical (unpaired) electrons. The van der Waals surface area contributed by atoms with Gasteiger partial charge >= 0.3 is 11.8 Å². The number of nitrogens with one attached hydrogen (secondary N) is 2. The van der Waals surface area contributed by atoms with Gasteiger partial charge in [-0.05, 0) is 25.1 Å². The molecule has 2 amide bonds. The predicted octanol–water partition coefficient (Wildman–Crippen LogP) is 2.84. The molecule has 0 spiro atoms. The monoisotopic (exact) mass is 374 g/mol. The summed E-state index contributed by atoms with van der Waals surface area (Å²) in [4.78, 5) is 23.4. The summed E-state index contributed by atoms with van der Waals surface area (Å²) in [6.07, 6.45) is 0. The highest BCUT2D eigenvalue weighted by Gasteiger charge is 2.17. The largest absolute Gasteiger partial charge is 0.316 e. The molecule has 0 aliphatic heterocycles. The lowest BCUT2D eigenvalue weighted by Crippen LogP contribution is -2.29. The van der Waals surface area contributed by atoms with Crippen molar-refractivity contribution in [2.24, 2.45) is 0 Å². The van der Waals surface area contributed by atoms with Crippen LogP contribution in [0.1, 0.15) is 5.01 Å². The summed E-state index contributed by atoms with van der Waals surface area (Å²) in [6, 6.07) is 4.91. The number of aryl methyl sites for hydroxylation is 1. The van der Waals surface area contributed by atoms with E-state index in [1.165, 1.54) is 11.3 Å². The number of carbonyl (C=O) groups is 2. The van der Waals surface area contributed by atoms with Crippen LogP contribution in [0, 0.1) is 6.92 Å². The van der Waals surface area contributed by atoms with E-state index in [1.807, 2.05) is 0 Å². The molecule has 0 unspecified atom stereocenters. The quantitative estimate of drug-likeness (QED) is 0.791. The average Bonchev–Trinajstić information content (AvgIpc) is 2.78. The molecule has 20 heavy (non-hydrogen) atoms. The molecule has 0 saturated heterocycles. The number of rotatable bonds is 2. The smallest absolute Gasteiger partial charge is 0.315 e. The van der Waals surface area contributed by atoms with E-state index in [-0.39, 0.29) is 5.13 Å². The predicted molar refractivity (Wildman–Crippen MR) is 81.1 cm³/mol. The highest BCUT2D eigenvalue weighted by atomic mass is 79.9. The van der Waals surface area contributed by atoms with Crippen molar-refractivity contribution in [3.8, 4) is 0 Å². The van der Waals surface area contributed by atoms with E-state index in [9.17, 15) is 9.59 Å². The van der Waals surface area contributed by atoms with Crippen LogP contribution in [0.15, 0.2) is 22.7 Å². The van der Waals surface area contributed by atoms with Crippen LogP contribution in [-0.4, -0.2) is 22.0 Å². The van der Waals surface area contributed by atoms with Gasteiger partial charge in [-0.15, -0.1) is 10.2 Å². The van der Waals surface area contributed by atoms with Crippen LogP contribution in [0.3, 0.4) is 0 Å². The van der Waals surface area contributed by atoms with Crippen LogP contribution >= 0.6 is 38.9 Å². The Morgan fingerprint density at radius 3 is 2.55 bits per heavy atom. The van der Waals surface area contributed by atoms with E-state index in [4.69, 9.17) is 11.6 Å². The highest BCUT2D eigenvalue weighted by molar-refractivity contribution is 9.10. The summed E-state index contributed by atoms with van der Waals surface area (Å²) in [5, 5.41) is 13.5. The molecule has 6 nitrogen and oxygen atoms in total. The normalized spacial score (nSPS) is 10.2. The second-order valence-corrected chi connectivity index (χ2v) is 6.16. The van der Waals surface area contributed by atoms with E-state index < -0.39 is 11.8 Å². The third kappa shape index (κ3) is 3.75. The van der Waals surface area contributed by atoms with E-state index >= 15 is 0 Å². The Bertz CT molecular complexity index is 676. The summed E-state index contributed by atoms with van der Waals surface area (Å²) >= 11 is 10.4. The van der Waals surface area contributed by atoms with Crippen molar-refractivity contribution < 1.29 is 9.59 Å². The van der Waals surface area contributed by atoms with Crippen molar-refractivity contribution in [2.45, 2.75) is 6.92 Å². The van der Waals surface area contributed by atoms with Gasteiger partial charge in [-0.3, -0.25) is 14.9 Å². The molecule has 2 N–H and O–H groups in total. The fourth-order valence-electron chi connectivity index (χ4n) is 1.27. The fraction of sp³-hybridized carbons (Fsp3) is 0.0909. The molecule has 9 heteroatoms. The van der Waals surface area contributed by atoms with Crippen molar-refractivity contribution in [2.75, 3.05) is 10.6 Å². The molecule has 1 aromatic carbocycles. The first kappa shape index (κ1) is 14.9. The van der Waals surface area contributed by atoms with E-state index in [1.54, 1.807) is 25.1 Å². The Kier molecular flexibility index (Phi) is 4.69. The molecule has 0 fully saturated rings. The Morgan fingerprint density at radius 1 is 1.25 bits per heavy atom. The SMILES string of the molecule is Cc1nnc(NC(=O)C(=O)Nc2ccc(Br)cc2Cl)s1. The van der Waals surface area contributed by atoms with Crippen LogP contribution in [-0.2, 0) is 9.59 Å². The van der Waals surface area contributed by atoms with Gasteiger partial charge in [-0.1, -0.05) is 38.9 Å². The minimum Gasteiger partial charge on any atom is -0.316 e. The molecule has 104 valence electrons. The third-order valence-electron chi connectivity index (χ3n) is 2.13. The van der Waals surface area contributed by atoms with Gasteiger partial charge in [0.25, 0.3) is 0 Å². The van der Waals surface area contributed by atoms with Crippen LogP contribution in [0.25, 0.3) is 0 Å². The Hall–Kier alpha value is -1.51. The number of carbonyl (C=O) groups excluding carboxylic acids is 2. The van der Waals surface area contributed by atoms with Gasteiger partial charge in [0.15, 0.2) is 0 Å². The molecular formula is C11H8BrClN4O2S. The van der Waals surface area contributed by atoms with Crippen molar-refractivity contribution in [1.29, 1.82) is 0 Å². The van der Waals surface area contributed by atoms with Gasteiger partial charge < -0.3 is 5.32 Å². The van der Waals surface area contributed by atoms with Crippen LogP contribution in [0.4, 0.5) is 10.8 Å². The fourth-order valence-corrected chi connectivity index (χ4v) is 2.58. The zero-order valence-corrected chi connectivity index (χ0v) is 13.3. The number of hydrogen-bond acceptors (Lipinski definition) is 5. The first-order chi connectivity index (χ1) is 9.45. The molecule has 0 saturated carbocycles. The Morgan fingerprint density at radius 2 is 1.95 bits per heavy atom. The second-order valence-electron chi connectivity index (χ2n) is 3.66. The molecule has 0 aliphatic carbocycles. The van der Waals surface area contributed by atoms with Crippen molar-refractivity contribution in [3.05, 3.63) is 32.7 Å². The maximum absolute atomic E-state index is 11.7. The van der Waals surface area contributed by atoms with Crippen molar-refractivity contribution in [1.82, 2.24) is 10.2 Å². The van der Waals surface area contributed by atoms with Crippen LogP contribution in [0.2, 0.25) is 5.02 Å². The molecule has 0 bridgehead atoms. The molecule has 0 atom stereocenters. The van der Waals surface area contributed by atoms with E-state index in [0.717, 1.165) is 4.47 Å². The molecule has 1 aromatic heterocycles. The number of hydrogen-bond donors (Lipinski definition) is 2. The summed E-state index contributed by atoms with van der Waals surface area (Å²) in [5.74, 6) is -1.66. The summed E-state index contributed by atoms with van der Waals surface area (Å²) in [7, 11) is 0. The lowest BCUT2D eigenvalue weighted by molar-refractivity contribution is -0.133. The number of halogens is 2.